The van der Waals surface area contributed by atoms with Crippen molar-refractivity contribution >= 4 is 29.1 Å². The fourth-order valence-corrected chi connectivity index (χ4v) is 3.20. The third kappa shape index (κ3) is 5.91. The first-order valence-electron chi connectivity index (χ1n) is 9.96. The van der Waals surface area contributed by atoms with E-state index in [0.717, 1.165) is 6.07 Å². The largest absolute Gasteiger partial charge is 0.462 e. The van der Waals surface area contributed by atoms with E-state index in [1.165, 1.54) is 6.92 Å². The zero-order chi connectivity index (χ0) is 25.8. The van der Waals surface area contributed by atoms with E-state index in [-0.39, 0.29) is 23.4 Å². The normalized spacial score (nSPS) is 12.1. The lowest BCUT2D eigenvalue weighted by atomic mass is 10.1. The number of aromatic nitrogens is 1. The van der Waals surface area contributed by atoms with E-state index >= 15 is 0 Å². The number of ether oxygens (including phenoxy) is 2. The number of rotatable bonds is 9. The van der Waals surface area contributed by atoms with Gasteiger partial charge in [-0.15, -0.1) is 0 Å². The number of aryl methyl sites for hydroxylation is 2. The van der Waals surface area contributed by atoms with Crippen molar-refractivity contribution in [1.82, 2.24) is 4.98 Å². The van der Waals surface area contributed by atoms with Gasteiger partial charge in [0.1, 0.15) is 11.7 Å². The van der Waals surface area contributed by atoms with E-state index < -0.39 is 52.7 Å². The van der Waals surface area contributed by atoms with E-state index in [1.54, 1.807) is 20.8 Å². The van der Waals surface area contributed by atoms with Gasteiger partial charge in [0.25, 0.3) is 5.69 Å². The average Bonchev–Trinajstić information content (AvgIpc) is 3.04. The molecule has 0 bridgehead atoms. The highest BCUT2D eigenvalue weighted by atomic mass is 19.4. The Bertz CT molecular complexity index is 1130. The standard InChI is InChI=1S/C21H22F3N3O7/c1-5-33-20(30)18-11(3)25-10(2)17(18)16(28)9-34-19(29)12(4)26-14-7-6-13(21(22,23)24)8-15(14)27(31)32/h6-8,12,25-26H,5,9H2,1-4H3. The van der Waals surface area contributed by atoms with Crippen LogP contribution in [0.4, 0.5) is 24.5 Å². The van der Waals surface area contributed by atoms with Gasteiger partial charge in [-0.1, -0.05) is 0 Å². The van der Waals surface area contributed by atoms with Crippen LogP contribution in [0.1, 0.15) is 51.5 Å². The van der Waals surface area contributed by atoms with Crippen molar-refractivity contribution in [2.75, 3.05) is 18.5 Å². The molecule has 0 radical (unpaired) electrons. The predicted molar refractivity (Wildman–Crippen MR) is 113 cm³/mol. The van der Waals surface area contributed by atoms with Gasteiger partial charge in [0.15, 0.2) is 6.61 Å². The maximum absolute atomic E-state index is 12.8. The number of carbonyl (C=O) groups excluding carboxylic acids is 3. The van der Waals surface area contributed by atoms with Crippen molar-refractivity contribution in [1.29, 1.82) is 0 Å². The number of alkyl halides is 3. The summed E-state index contributed by atoms with van der Waals surface area (Å²) in [5.74, 6) is -2.40. The number of nitrogens with zero attached hydrogens (tertiary/aromatic N) is 1. The smallest absolute Gasteiger partial charge is 0.416 e. The van der Waals surface area contributed by atoms with Gasteiger partial charge in [-0.2, -0.15) is 13.2 Å². The number of carbonyl (C=O) groups is 3. The van der Waals surface area contributed by atoms with Crippen molar-refractivity contribution in [2.24, 2.45) is 0 Å². The third-order valence-electron chi connectivity index (χ3n) is 4.73. The van der Waals surface area contributed by atoms with Crippen LogP contribution in [0.5, 0.6) is 0 Å². The quantitative estimate of drug-likeness (QED) is 0.235. The molecule has 1 unspecified atom stereocenters. The van der Waals surface area contributed by atoms with Crippen molar-refractivity contribution in [3.05, 3.63) is 56.4 Å². The summed E-state index contributed by atoms with van der Waals surface area (Å²) >= 11 is 0. The van der Waals surface area contributed by atoms with E-state index in [9.17, 15) is 37.7 Å². The summed E-state index contributed by atoms with van der Waals surface area (Å²) in [6.45, 7) is 5.33. The molecule has 1 atom stereocenters. The summed E-state index contributed by atoms with van der Waals surface area (Å²) in [7, 11) is 0. The minimum Gasteiger partial charge on any atom is -0.462 e. The van der Waals surface area contributed by atoms with Crippen molar-refractivity contribution in [3.8, 4) is 0 Å². The molecule has 2 rings (SSSR count). The van der Waals surface area contributed by atoms with E-state index in [4.69, 9.17) is 9.47 Å². The Morgan fingerprint density at radius 2 is 1.76 bits per heavy atom. The summed E-state index contributed by atoms with van der Waals surface area (Å²) in [4.78, 5) is 50.2. The van der Waals surface area contributed by atoms with Crippen LogP contribution in [-0.4, -0.2) is 46.9 Å². The average molecular weight is 485 g/mol. The number of esters is 2. The second-order valence-electron chi connectivity index (χ2n) is 7.23. The number of halogens is 3. The van der Waals surface area contributed by atoms with Crippen LogP contribution in [0, 0.1) is 24.0 Å². The molecule has 2 aromatic rings. The van der Waals surface area contributed by atoms with Gasteiger partial charge < -0.3 is 19.8 Å². The fraction of sp³-hybridized carbons (Fsp3) is 0.381. The highest BCUT2D eigenvalue weighted by Crippen LogP contribution is 2.35. The van der Waals surface area contributed by atoms with Gasteiger partial charge in [-0.3, -0.25) is 14.9 Å². The number of benzene rings is 1. The molecule has 0 fully saturated rings. The van der Waals surface area contributed by atoms with Crippen LogP contribution in [0.15, 0.2) is 18.2 Å². The third-order valence-corrected chi connectivity index (χ3v) is 4.73. The first kappa shape index (κ1) is 26.4. The number of nitro groups is 1. The lowest BCUT2D eigenvalue weighted by Crippen LogP contribution is -2.30. The van der Waals surface area contributed by atoms with Crippen LogP contribution in [-0.2, 0) is 20.4 Å². The Hall–Kier alpha value is -3.90. The number of nitro benzene ring substituents is 1. The lowest BCUT2D eigenvalue weighted by molar-refractivity contribution is -0.384. The van der Waals surface area contributed by atoms with Crippen LogP contribution < -0.4 is 5.32 Å². The molecular weight excluding hydrogens is 463 g/mol. The van der Waals surface area contributed by atoms with Crippen molar-refractivity contribution < 1.29 is 42.0 Å². The molecule has 0 saturated carbocycles. The van der Waals surface area contributed by atoms with Crippen molar-refractivity contribution in [3.63, 3.8) is 0 Å². The minimum absolute atomic E-state index is 0.00254. The Morgan fingerprint density at radius 1 is 1.15 bits per heavy atom. The molecule has 10 nitrogen and oxygen atoms in total. The summed E-state index contributed by atoms with van der Waals surface area (Å²) in [5, 5.41) is 13.6. The Morgan fingerprint density at radius 3 is 2.32 bits per heavy atom. The highest BCUT2D eigenvalue weighted by Gasteiger charge is 2.33. The summed E-state index contributed by atoms with van der Waals surface area (Å²) < 4.78 is 48.4. The molecule has 1 aromatic heterocycles. The SMILES string of the molecule is CCOC(=O)c1c(C)[nH]c(C)c1C(=O)COC(=O)C(C)Nc1ccc(C(F)(F)F)cc1[N+](=O)[O-]. The number of Topliss-reactive ketones (excluding diaryl/α,β-unsaturated/α-hetero) is 1. The minimum atomic E-state index is -4.79. The fourth-order valence-electron chi connectivity index (χ4n) is 3.20. The Kier molecular flexibility index (Phi) is 8.03. The van der Waals surface area contributed by atoms with Crippen LogP contribution >= 0.6 is 0 Å². The summed E-state index contributed by atoms with van der Waals surface area (Å²) in [6.07, 6.45) is -4.79. The topological polar surface area (TPSA) is 141 Å². The van der Waals surface area contributed by atoms with Gasteiger partial charge >= 0.3 is 18.1 Å². The number of ketones is 1. The second-order valence-corrected chi connectivity index (χ2v) is 7.23. The second kappa shape index (κ2) is 10.4. The van der Waals surface area contributed by atoms with Gasteiger partial charge in [0.05, 0.1) is 28.2 Å². The molecule has 0 aliphatic heterocycles. The van der Waals surface area contributed by atoms with Crippen LogP contribution in [0.25, 0.3) is 0 Å². The summed E-state index contributed by atoms with van der Waals surface area (Å²) in [5.41, 5.74) is -1.66. The molecule has 0 saturated heterocycles. The van der Waals surface area contributed by atoms with E-state index in [1.807, 2.05) is 0 Å². The molecule has 1 heterocycles. The van der Waals surface area contributed by atoms with Gasteiger partial charge in [-0.25, -0.2) is 9.59 Å². The summed E-state index contributed by atoms with van der Waals surface area (Å²) in [6, 6.07) is 0.553. The number of hydrogen-bond acceptors (Lipinski definition) is 8. The van der Waals surface area contributed by atoms with E-state index in [2.05, 4.69) is 10.3 Å². The molecular formula is C21H22F3N3O7. The molecule has 13 heteroatoms. The molecule has 0 aliphatic carbocycles. The maximum Gasteiger partial charge on any atom is 0.416 e. The van der Waals surface area contributed by atoms with Gasteiger partial charge in [0, 0.05) is 17.5 Å². The highest BCUT2D eigenvalue weighted by molar-refractivity contribution is 6.09. The number of H-pyrrole nitrogens is 1. The van der Waals surface area contributed by atoms with Crippen LogP contribution in [0.2, 0.25) is 0 Å². The molecule has 184 valence electrons. The van der Waals surface area contributed by atoms with Gasteiger partial charge in [0.2, 0.25) is 5.78 Å². The number of hydrogen-bond donors (Lipinski definition) is 2. The number of nitrogens with one attached hydrogen (secondary N) is 2. The molecule has 34 heavy (non-hydrogen) atoms. The maximum atomic E-state index is 12.8. The first-order valence-corrected chi connectivity index (χ1v) is 9.96. The first-order chi connectivity index (χ1) is 15.8. The molecule has 1 aromatic carbocycles. The zero-order valence-corrected chi connectivity index (χ0v) is 18.7. The van der Waals surface area contributed by atoms with Crippen molar-refractivity contribution in [2.45, 2.75) is 39.9 Å². The monoisotopic (exact) mass is 485 g/mol. The van der Waals surface area contributed by atoms with Crippen LogP contribution in [0.3, 0.4) is 0 Å². The molecule has 0 aliphatic rings. The molecule has 2 N–H and O–H groups in total. The van der Waals surface area contributed by atoms with E-state index in [0.29, 0.717) is 23.5 Å². The molecule has 0 spiro atoms. The molecule has 0 amide bonds. The van der Waals surface area contributed by atoms with Gasteiger partial charge in [-0.05, 0) is 39.8 Å². The number of aromatic amines is 1. The number of anilines is 1. The predicted octanol–water partition coefficient (Wildman–Crippen LogP) is 3.96. The Balaban J connectivity index is 2.13. The lowest BCUT2D eigenvalue weighted by Gasteiger charge is -2.15. The zero-order valence-electron chi connectivity index (χ0n) is 18.7. The Labute approximate surface area is 191 Å².